The molecule has 0 aromatic rings. The molecular weight excluding hydrogens is 636 g/mol. The van der Waals surface area contributed by atoms with Crippen molar-refractivity contribution in [1.82, 2.24) is 10.6 Å². The maximum Gasteiger partial charge on any atom is 0.217 e. The molecule has 3 fully saturated rings. The lowest BCUT2D eigenvalue weighted by molar-refractivity contribution is -0.349. The first kappa shape index (κ1) is 39.0. The van der Waals surface area contributed by atoms with Crippen molar-refractivity contribution in [2.45, 2.75) is 132 Å². The molecule has 0 aromatic carbocycles. The maximum absolute atomic E-state index is 12.3. The Morgan fingerprint density at radius 1 is 0.652 bits per heavy atom. The van der Waals surface area contributed by atoms with E-state index in [0.29, 0.717) is 6.04 Å². The topological polar surface area (TPSA) is 275 Å². The number of carbonyl (C=O) groups is 2. The van der Waals surface area contributed by atoms with E-state index in [1.807, 2.05) is 0 Å². The highest BCUT2D eigenvalue weighted by atomic mass is 28.3. The highest BCUT2D eigenvalue weighted by Crippen LogP contribution is 2.31. The first-order valence-electron chi connectivity index (χ1n) is 15.2. The smallest absolute Gasteiger partial charge is 0.217 e. The van der Waals surface area contributed by atoms with Gasteiger partial charge in [-0.1, -0.05) is 19.6 Å². The van der Waals surface area contributed by atoms with Gasteiger partial charge in [-0.2, -0.15) is 0 Å². The molecule has 2 amide bonds. The van der Waals surface area contributed by atoms with E-state index in [4.69, 9.17) is 28.4 Å². The van der Waals surface area contributed by atoms with Gasteiger partial charge in [0.1, 0.15) is 73.1 Å². The predicted molar refractivity (Wildman–Crippen MR) is 156 cm³/mol. The van der Waals surface area contributed by atoms with E-state index < -0.39 is 132 Å². The fourth-order valence-electron chi connectivity index (χ4n) is 5.37. The molecule has 46 heavy (non-hydrogen) atoms. The van der Waals surface area contributed by atoms with Crippen molar-refractivity contribution in [2.75, 3.05) is 26.4 Å². The van der Waals surface area contributed by atoms with E-state index in [9.17, 15) is 50.4 Å². The average molecular weight is 687 g/mol. The monoisotopic (exact) mass is 686 g/mol. The van der Waals surface area contributed by atoms with Gasteiger partial charge in [-0.25, -0.2) is 0 Å². The minimum absolute atomic E-state index is 0.200. The number of aliphatic hydroxyl groups is 8. The van der Waals surface area contributed by atoms with Gasteiger partial charge >= 0.3 is 0 Å². The van der Waals surface area contributed by atoms with Crippen LogP contribution >= 0.6 is 0 Å². The fourth-order valence-corrected chi connectivity index (χ4v) is 6.10. The molecule has 0 unspecified atom stereocenters. The molecule has 0 bridgehead atoms. The Morgan fingerprint density at radius 2 is 1.15 bits per heavy atom. The summed E-state index contributed by atoms with van der Waals surface area (Å²) in [6.07, 6.45) is -19.8. The van der Waals surface area contributed by atoms with Crippen LogP contribution in [0.4, 0.5) is 0 Å². The highest BCUT2D eigenvalue weighted by Gasteiger charge is 2.53. The van der Waals surface area contributed by atoms with Crippen molar-refractivity contribution in [2.24, 2.45) is 0 Å². The van der Waals surface area contributed by atoms with E-state index in [1.54, 1.807) is 0 Å². The largest absolute Gasteiger partial charge is 0.394 e. The first-order valence-corrected chi connectivity index (χ1v) is 18.9. The molecule has 0 spiro atoms. The molecule has 0 saturated carbocycles. The molecule has 3 aliphatic rings. The second kappa shape index (κ2) is 16.8. The van der Waals surface area contributed by atoms with Crippen LogP contribution in [0, 0.1) is 0 Å². The van der Waals surface area contributed by atoms with Gasteiger partial charge in [-0.15, -0.1) is 0 Å². The number of ether oxygens (including phenoxy) is 6. The summed E-state index contributed by atoms with van der Waals surface area (Å²) in [6.45, 7) is 7.03. The summed E-state index contributed by atoms with van der Waals surface area (Å²) < 4.78 is 34.9. The van der Waals surface area contributed by atoms with Crippen LogP contribution in [-0.2, 0) is 38.0 Å². The van der Waals surface area contributed by atoms with Gasteiger partial charge in [0.15, 0.2) is 18.9 Å². The van der Waals surface area contributed by atoms with E-state index in [2.05, 4.69) is 30.3 Å². The Kier molecular flexibility index (Phi) is 14.3. The Bertz CT molecular complexity index is 990. The predicted octanol–water partition coefficient (Wildman–Crippen LogP) is -4.92. The average Bonchev–Trinajstić information content (AvgIpc) is 2.97. The zero-order valence-electron chi connectivity index (χ0n) is 26.5. The summed E-state index contributed by atoms with van der Waals surface area (Å²) in [7, 11) is -1.61. The second-order valence-electron chi connectivity index (χ2n) is 13.0. The van der Waals surface area contributed by atoms with Crippen LogP contribution in [0.3, 0.4) is 0 Å². The third kappa shape index (κ3) is 9.83. The van der Waals surface area contributed by atoms with Crippen molar-refractivity contribution < 1.29 is 78.9 Å². The van der Waals surface area contributed by atoms with E-state index in [0.717, 1.165) is 0 Å². The van der Waals surface area contributed by atoms with Crippen LogP contribution in [0.5, 0.6) is 0 Å². The zero-order chi connectivity index (χ0) is 34.5. The van der Waals surface area contributed by atoms with Crippen molar-refractivity contribution >= 4 is 19.9 Å². The van der Waals surface area contributed by atoms with Crippen LogP contribution in [0.15, 0.2) is 0 Å². The van der Waals surface area contributed by atoms with Crippen molar-refractivity contribution in [3.05, 3.63) is 0 Å². The molecule has 10 N–H and O–H groups in total. The van der Waals surface area contributed by atoms with Gasteiger partial charge in [-0.3, -0.25) is 9.59 Å². The number of hydrogen-bond acceptors (Lipinski definition) is 16. The second-order valence-corrected chi connectivity index (χ2v) is 18.6. The van der Waals surface area contributed by atoms with Crippen LogP contribution in [-0.4, -0.2) is 179 Å². The molecule has 0 radical (unpaired) electrons. The van der Waals surface area contributed by atoms with Crippen LogP contribution in [0.25, 0.3) is 0 Å². The number of rotatable bonds is 13. The van der Waals surface area contributed by atoms with Crippen molar-refractivity contribution in [3.63, 3.8) is 0 Å². The first-order chi connectivity index (χ1) is 21.5. The maximum atomic E-state index is 12.3. The highest BCUT2D eigenvalue weighted by molar-refractivity contribution is 6.76. The standard InChI is InChI=1S/C27H50N2O16Si/c1-11(32)28-16-21(37)18(34)13(8-30)42-25(16)41-10-15-20(36)24(45-27-23(39)22(38)19(35)14(9-31)43-27)17(29-12(2)33)26(44-15)40-6-7-46(3,4)5/h13-27,30-31,34-39H,6-10H2,1-5H3,(H,28,32)(H,29,33)/t13-,14-,15-,16-,17-,18-,19+,20+,21-,22+,23-,24-,25-,26+,27+/m1/s1. The Labute approximate surface area is 267 Å². The summed E-state index contributed by atoms with van der Waals surface area (Å²) in [5.74, 6) is -1.13. The summed E-state index contributed by atoms with van der Waals surface area (Å²) in [6, 6.07) is -1.79. The minimum atomic E-state index is -1.83. The van der Waals surface area contributed by atoms with Crippen LogP contribution in [0.2, 0.25) is 25.7 Å². The normalized spacial score (nSPS) is 42.0. The van der Waals surface area contributed by atoms with Crippen molar-refractivity contribution in [3.8, 4) is 0 Å². The fraction of sp³-hybridized carbons (Fsp3) is 0.926. The number of aliphatic hydroxyl groups excluding tert-OH is 8. The number of amides is 2. The number of hydrogen-bond donors (Lipinski definition) is 10. The summed E-state index contributed by atoms with van der Waals surface area (Å²) >= 11 is 0. The lowest BCUT2D eigenvalue weighted by Gasteiger charge is -2.48. The molecule has 18 nitrogen and oxygen atoms in total. The molecule has 3 aliphatic heterocycles. The van der Waals surface area contributed by atoms with E-state index in [1.165, 1.54) is 13.8 Å². The molecular formula is C27H50N2O16Si. The molecule has 268 valence electrons. The Morgan fingerprint density at radius 3 is 1.70 bits per heavy atom. The zero-order valence-corrected chi connectivity index (χ0v) is 27.5. The molecule has 19 heteroatoms. The Balaban J connectivity index is 1.90. The molecule has 15 atom stereocenters. The minimum Gasteiger partial charge on any atom is -0.394 e. The third-order valence-electron chi connectivity index (χ3n) is 7.99. The third-order valence-corrected chi connectivity index (χ3v) is 9.70. The van der Waals surface area contributed by atoms with Crippen LogP contribution < -0.4 is 10.6 Å². The lowest BCUT2D eigenvalue weighted by atomic mass is 9.95. The number of carbonyl (C=O) groups excluding carboxylic acids is 2. The molecule has 0 aromatic heterocycles. The molecule has 3 rings (SSSR count). The van der Waals surface area contributed by atoms with Crippen LogP contribution in [0.1, 0.15) is 13.8 Å². The van der Waals surface area contributed by atoms with Gasteiger partial charge in [0.2, 0.25) is 11.8 Å². The van der Waals surface area contributed by atoms with Gasteiger partial charge < -0.3 is 79.9 Å². The van der Waals surface area contributed by atoms with Crippen molar-refractivity contribution in [1.29, 1.82) is 0 Å². The quantitative estimate of drug-likeness (QED) is 0.0813. The SMILES string of the molecule is CC(=O)N[C@H]1[C@H](OC[C@H]2O[C@H](OCC[Si](C)(C)C)[C@H](NC(C)=O)[C@@H](O[C@@H]3O[C@H](CO)[C@H](O)[C@H](O)[C@H]3O)[C@H]2O)O[C@H](CO)[C@@H](O)[C@@H]1O. The lowest BCUT2D eigenvalue weighted by Crippen LogP contribution is -2.68. The molecule has 3 saturated heterocycles. The summed E-state index contributed by atoms with van der Waals surface area (Å²) in [4.78, 5) is 24.1. The van der Waals surface area contributed by atoms with Gasteiger partial charge in [0.05, 0.1) is 19.8 Å². The van der Waals surface area contributed by atoms with Gasteiger partial charge in [-0.05, 0) is 6.04 Å². The summed E-state index contributed by atoms with van der Waals surface area (Å²) in [5.41, 5.74) is 0. The summed E-state index contributed by atoms with van der Waals surface area (Å²) in [5, 5.41) is 87.9. The van der Waals surface area contributed by atoms with E-state index >= 15 is 0 Å². The van der Waals surface area contributed by atoms with Gasteiger partial charge in [0.25, 0.3) is 0 Å². The van der Waals surface area contributed by atoms with Gasteiger partial charge in [0, 0.05) is 28.5 Å². The molecule has 0 aliphatic carbocycles. The van der Waals surface area contributed by atoms with E-state index in [-0.39, 0.29) is 6.61 Å². The molecule has 3 heterocycles. The Hall–Kier alpha value is -1.40. The number of nitrogens with one attached hydrogen (secondary N) is 2.